The molecule has 12 heteroatoms. The summed E-state index contributed by atoms with van der Waals surface area (Å²) in [5, 5.41) is 10.6. The number of aromatic nitrogens is 3. The summed E-state index contributed by atoms with van der Waals surface area (Å²) in [4.78, 5) is 31.3. The first-order valence-corrected chi connectivity index (χ1v) is 16.6. The van der Waals surface area contributed by atoms with Gasteiger partial charge < -0.3 is 9.80 Å². The molecule has 43 heavy (non-hydrogen) atoms. The fourth-order valence-corrected chi connectivity index (χ4v) is 8.22. The van der Waals surface area contributed by atoms with Gasteiger partial charge in [0, 0.05) is 29.7 Å². The molecule has 0 bridgehead atoms. The Kier molecular flexibility index (Phi) is 8.75. The van der Waals surface area contributed by atoms with Gasteiger partial charge in [-0.25, -0.2) is 18.7 Å². The van der Waals surface area contributed by atoms with E-state index in [0.29, 0.717) is 53.2 Å². The summed E-state index contributed by atoms with van der Waals surface area (Å²) in [7, 11) is 0. The van der Waals surface area contributed by atoms with Crippen LogP contribution in [0.2, 0.25) is 0 Å². The van der Waals surface area contributed by atoms with Crippen molar-refractivity contribution in [2.45, 2.75) is 58.0 Å². The van der Waals surface area contributed by atoms with Crippen LogP contribution in [0.25, 0.3) is 16.2 Å². The molecule has 0 spiro atoms. The third-order valence-electron chi connectivity index (χ3n) is 8.43. The van der Waals surface area contributed by atoms with E-state index in [2.05, 4.69) is 40.3 Å². The summed E-state index contributed by atoms with van der Waals surface area (Å²) in [5.41, 5.74) is 2.23. The number of fused-ring (bicyclic) bond motifs is 1. The van der Waals surface area contributed by atoms with Crippen LogP contribution in [0.1, 0.15) is 60.9 Å². The average molecular weight is 624 g/mol. The number of anilines is 2. The Morgan fingerprint density at radius 3 is 2.56 bits per heavy atom. The second kappa shape index (κ2) is 12.7. The molecule has 2 fully saturated rings. The van der Waals surface area contributed by atoms with Crippen LogP contribution in [0, 0.1) is 17.1 Å². The van der Waals surface area contributed by atoms with Crippen molar-refractivity contribution in [2.75, 3.05) is 44.2 Å². The number of aryl methyl sites for hydroxylation is 1. The Morgan fingerprint density at radius 2 is 1.88 bits per heavy atom. The van der Waals surface area contributed by atoms with Gasteiger partial charge in [0.15, 0.2) is 10.1 Å². The van der Waals surface area contributed by atoms with Crippen molar-refractivity contribution in [1.82, 2.24) is 24.2 Å². The second-order valence-corrected chi connectivity index (χ2v) is 13.2. The summed E-state index contributed by atoms with van der Waals surface area (Å²) in [6.45, 7) is 7.71. The topological polar surface area (TPSA) is 80.8 Å². The van der Waals surface area contributed by atoms with Gasteiger partial charge in [0.2, 0.25) is 5.91 Å². The molecule has 1 atom stereocenters. The number of hydrogen-bond donors (Lipinski definition) is 0. The summed E-state index contributed by atoms with van der Waals surface area (Å²) in [6, 6.07) is 8.34. The summed E-state index contributed by atoms with van der Waals surface area (Å²) in [5.74, 6) is 1.05. The van der Waals surface area contributed by atoms with Crippen molar-refractivity contribution in [3.8, 4) is 17.3 Å². The van der Waals surface area contributed by atoms with E-state index >= 15 is 0 Å². The molecule has 5 heterocycles. The summed E-state index contributed by atoms with van der Waals surface area (Å²) in [6.07, 6.45) is 5.25. The number of thiazole rings is 2. The van der Waals surface area contributed by atoms with Gasteiger partial charge in [-0.15, -0.1) is 11.3 Å². The zero-order chi connectivity index (χ0) is 30.1. The van der Waals surface area contributed by atoms with E-state index in [1.165, 1.54) is 28.3 Å². The monoisotopic (exact) mass is 623 g/mol. The lowest BCUT2D eigenvalue weighted by atomic mass is 9.95. The lowest BCUT2D eigenvalue weighted by molar-refractivity contribution is -0.134. The molecule has 1 aromatic carbocycles. The molecule has 1 amide bonds. The zero-order valence-corrected chi connectivity index (χ0v) is 26.1. The van der Waals surface area contributed by atoms with Crippen LogP contribution in [-0.4, -0.2) is 75.5 Å². The Bertz CT molecular complexity index is 1630. The Labute approximate surface area is 258 Å². The Hall–Kier alpha value is -3.40. The second-order valence-electron chi connectivity index (χ2n) is 11.2. The van der Waals surface area contributed by atoms with Gasteiger partial charge >= 0.3 is 0 Å². The van der Waals surface area contributed by atoms with Gasteiger partial charge in [0.05, 0.1) is 18.8 Å². The zero-order valence-electron chi connectivity index (χ0n) is 24.4. The first-order chi connectivity index (χ1) is 20.9. The van der Waals surface area contributed by atoms with Crippen LogP contribution >= 0.6 is 22.7 Å². The number of carbonyl (C=O) groups excluding carboxylic acids is 1. The maximum Gasteiger partial charge on any atom is 0.236 e. The lowest BCUT2D eigenvalue weighted by Crippen LogP contribution is -2.47. The first-order valence-electron chi connectivity index (χ1n) is 15.0. The highest BCUT2D eigenvalue weighted by Crippen LogP contribution is 2.40. The molecule has 1 unspecified atom stereocenters. The van der Waals surface area contributed by atoms with Crippen molar-refractivity contribution in [2.24, 2.45) is 0 Å². The number of rotatable bonds is 8. The van der Waals surface area contributed by atoms with Crippen LogP contribution < -0.4 is 4.90 Å². The molecule has 3 aromatic heterocycles. The maximum absolute atomic E-state index is 13.8. The van der Waals surface area contributed by atoms with Crippen molar-refractivity contribution in [3.63, 3.8) is 0 Å². The highest BCUT2D eigenvalue weighted by Gasteiger charge is 2.29. The van der Waals surface area contributed by atoms with E-state index < -0.39 is 6.17 Å². The summed E-state index contributed by atoms with van der Waals surface area (Å²) >= 11 is 3.04. The SMILES string of the molecule is CCc1nc2sc(C3CCN(CC(=O)N4CCCC(F)C4)CC3)cn2c1N(CC)c1nc(-c2ccc(F)cc2)c(C#N)s1. The Balaban J connectivity index is 1.21. The number of nitriles is 1. The van der Waals surface area contributed by atoms with Crippen molar-refractivity contribution in [1.29, 1.82) is 5.26 Å². The van der Waals surface area contributed by atoms with Crippen LogP contribution in [0.15, 0.2) is 30.5 Å². The first kappa shape index (κ1) is 29.7. The van der Waals surface area contributed by atoms with E-state index in [4.69, 9.17) is 9.97 Å². The van der Waals surface area contributed by atoms with E-state index in [0.717, 1.165) is 55.2 Å². The van der Waals surface area contributed by atoms with Crippen molar-refractivity contribution >= 4 is 44.5 Å². The fourth-order valence-electron chi connectivity index (χ4n) is 6.11. The average Bonchev–Trinajstić information content (AvgIpc) is 3.72. The van der Waals surface area contributed by atoms with Gasteiger partial charge in [-0.3, -0.25) is 14.1 Å². The minimum atomic E-state index is -0.899. The largest absolute Gasteiger partial charge is 0.339 e. The number of imidazole rings is 1. The lowest BCUT2D eigenvalue weighted by Gasteiger charge is -2.34. The van der Waals surface area contributed by atoms with Crippen molar-refractivity contribution < 1.29 is 13.6 Å². The number of benzene rings is 1. The van der Waals surface area contributed by atoms with Crippen LogP contribution in [0.4, 0.5) is 19.7 Å². The highest BCUT2D eigenvalue weighted by atomic mass is 32.1. The molecule has 0 N–H and O–H groups in total. The molecular weight excluding hydrogens is 589 g/mol. The van der Waals surface area contributed by atoms with E-state index in [-0.39, 0.29) is 18.3 Å². The molecule has 0 radical (unpaired) electrons. The molecule has 0 saturated carbocycles. The van der Waals surface area contributed by atoms with Crippen LogP contribution in [0.3, 0.4) is 0 Å². The molecule has 8 nitrogen and oxygen atoms in total. The van der Waals surface area contributed by atoms with Gasteiger partial charge in [-0.2, -0.15) is 5.26 Å². The standard InChI is InChI=1S/C31H35F2N7OS2/c1-3-24-29(39(4-2)31-36-28(25(16-34)42-31)21-7-9-22(32)10-8-21)40-18-26(43-30(40)35-24)20-11-14-37(15-12-20)19-27(41)38-13-5-6-23(33)17-38/h7-10,18,20,23H,3-6,11-15,17,19H2,1-2H3. The minimum absolute atomic E-state index is 0.0381. The van der Waals surface area contributed by atoms with Gasteiger partial charge in [-0.05, 0) is 82.3 Å². The fraction of sp³-hybridized carbons (Fsp3) is 0.484. The number of nitrogens with zero attached hydrogens (tertiary/aromatic N) is 7. The Morgan fingerprint density at radius 1 is 1.12 bits per heavy atom. The summed E-state index contributed by atoms with van der Waals surface area (Å²) < 4.78 is 29.5. The number of likely N-dealkylation sites (tertiary alicyclic amines) is 2. The number of hydrogen-bond acceptors (Lipinski definition) is 8. The number of alkyl halides is 1. The van der Waals surface area contributed by atoms with Crippen LogP contribution in [-0.2, 0) is 11.2 Å². The van der Waals surface area contributed by atoms with Gasteiger partial charge in [-0.1, -0.05) is 18.3 Å². The van der Waals surface area contributed by atoms with Crippen LogP contribution in [0.5, 0.6) is 0 Å². The smallest absolute Gasteiger partial charge is 0.236 e. The number of halogens is 2. The van der Waals surface area contributed by atoms with E-state index in [1.807, 2.05) is 0 Å². The third-order valence-corrected chi connectivity index (χ3v) is 10.6. The van der Waals surface area contributed by atoms with Gasteiger partial charge in [0.25, 0.3) is 0 Å². The molecule has 0 aliphatic carbocycles. The molecule has 2 aliphatic heterocycles. The third kappa shape index (κ3) is 6.03. The predicted molar refractivity (Wildman–Crippen MR) is 166 cm³/mol. The van der Waals surface area contributed by atoms with E-state index in [9.17, 15) is 18.8 Å². The molecule has 4 aromatic rings. The molecule has 2 saturated heterocycles. The quantitative estimate of drug-likeness (QED) is 0.226. The number of amides is 1. The van der Waals surface area contributed by atoms with E-state index in [1.54, 1.807) is 28.4 Å². The predicted octanol–water partition coefficient (Wildman–Crippen LogP) is 6.39. The van der Waals surface area contributed by atoms with Crippen molar-refractivity contribution in [3.05, 3.63) is 51.7 Å². The molecule has 6 rings (SSSR count). The number of piperidine rings is 2. The molecule has 2 aliphatic rings. The maximum atomic E-state index is 13.8. The number of carbonyl (C=O) groups is 1. The normalized spacial score (nSPS) is 18.3. The minimum Gasteiger partial charge on any atom is -0.339 e. The van der Waals surface area contributed by atoms with Gasteiger partial charge in [0.1, 0.15) is 34.4 Å². The molecule has 226 valence electrons. The highest BCUT2D eigenvalue weighted by molar-refractivity contribution is 7.17. The molecular formula is C31H35F2N7OS2.